The number of piperidine rings is 1. The van der Waals surface area contributed by atoms with E-state index in [-0.39, 0.29) is 34.5 Å². The lowest BCUT2D eigenvalue weighted by atomic mass is 9.60. The third-order valence-corrected chi connectivity index (χ3v) is 6.57. The van der Waals surface area contributed by atoms with Gasteiger partial charge < -0.3 is 14.4 Å². The number of amides is 1. The van der Waals surface area contributed by atoms with Crippen molar-refractivity contribution < 1.29 is 32.6 Å². The first-order valence-electron chi connectivity index (χ1n) is 10.8. The smallest absolute Gasteiger partial charge is 0.410 e. The zero-order chi connectivity index (χ0) is 23.6. The molecule has 0 bridgehead atoms. The molecule has 2 aromatic carbocycles. The highest BCUT2D eigenvalue weighted by molar-refractivity contribution is 5.89. The average Bonchev–Trinajstić information content (AvgIpc) is 2.81. The Morgan fingerprint density at radius 1 is 1.15 bits per heavy atom. The minimum absolute atomic E-state index is 0.0131. The van der Waals surface area contributed by atoms with Crippen molar-refractivity contribution in [2.75, 3.05) is 13.7 Å². The van der Waals surface area contributed by atoms with Crippen LogP contribution >= 0.6 is 0 Å². The third-order valence-electron chi connectivity index (χ3n) is 6.57. The summed E-state index contributed by atoms with van der Waals surface area (Å²) < 4.78 is 38.2. The summed E-state index contributed by atoms with van der Waals surface area (Å²) in [5, 5.41) is 0. The number of benzene rings is 2. The van der Waals surface area contributed by atoms with Gasteiger partial charge in [0.25, 0.3) is 6.43 Å². The van der Waals surface area contributed by atoms with Crippen molar-refractivity contribution in [3.8, 4) is 0 Å². The van der Waals surface area contributed by atoms with Crippen LogP contribution in [-0.4, -0.2) is 36.4 Å². The van der Waals surface area contributed by atoms with Gasteiger partial charge in [-0.2, -0.15) is 0 Å². The molecule has 8 heteroatoms. The van der Waals surface area contributed by atoms with Crippen molar-refractivity contribution >= 4 is 17.8 Å². The summed E-state index contributed by atoms with van der Waals surface area (Å²) in [6.07, 6.45) is -1.67. The van der Waals surface area contributed by atoms with Crippen LogP contribution < -0.4 is 0 Å². The molecule has 1 aliphatic heterocycles. The first kappa shape index (κ1) is 22.9. The van der Waals surface area contributed by atoms with Crippen LogP contribution in [0.1, 0.15) is 65.2 Å². The molecule has 4 rings (SSSR count). The molecule has 1 aliphatic carbocycles. The fraction of sp³-hybridized carbons (Fsp3) is 0.400. The maximum atomic E-state index is 14.0. The minimum Gasteiger partial charge on any atom is -0.465 e. The Labute approximate surface area is 190 Å². The molecule has 1 atom stereocenters. The van der Waals surface area contributed by atoms with E-state index in [1.54, 1.807) is 0 Å². The number of esters is 1. The molecule has 1 amide bonds. The van der Waals surface area contributed by atoms with Gasteiger partial charge >= 0.3 is 12.1 Å². The number of ketones is 1. The van der Waals surface area contributed by atoms with Crippen LogP contribution in [0.2, 0.25) is 0 Å². The topological polar surface area (TPSA) is 72.9 Å². The predicted molar refractivity (Wildman–Crippen MR) is 115 cm³/mol. The highest BCUT2D eigenvalue weighted by atomic mass is 19.3. The molecule has 0 unspecified atom stereocenters. The van der Waals surface area contributed by atoms with Crippen molar-refractivity contribution in [1.82, 2.24) is 4.90 Å². The number of likely N-dealkylation sites (tertiary alicyclic amines) is 1. The summed E-state index contributed by atoms with van der Waals surface area (Å²) in [4.78, 5) is 38.1. The Bertz CT molecular complexity index is 1050. The molecule has 1 spiro atoms. The van der Waals surface area contributed by atoms with Gasteiger partial charge in [-0.3, -0.25) is 4.79 Å². The standard InChI is InChI=1S/C25H25F2NO5/c1-32-23(30)17-7-8-19(20(11-17)22(26)27)21-14-25(12-18(29)13-25)9-10-28(21)24(31)33-15-16-5-3-2-4-6-16/h2-8,11,21-22H,9-10,12-15H2,1H3/t21-/m0/s1. The van der Waals surface area contributed by atoms with Gasteiger partial charge in [0.1, 0.15) is 12.4 Å². The maximum absolute atomic E-state index is 14.0. The number of hydrogen-bond donors (Lipinski definition) is 0. The second-order valence-electron chi connectivity index (χ2n) is 8.73. The number of ether oxygens (including phenoxy) is 2. The first-order valence-corrected chi connectivity index (χ1v) is 10.8. The van der Waals surface area contributed by atoms with E-state index in [0.29, 0.717) is 32.2 Å². The van der Waals surface area contributed by atoms with Crippen molar-refractivity contribution in [3.05, 3.63) is 70.8 Å². The lowest BCUT2D eigenvalue weighted by Gasteiger charge is -2.50. The molecule has 1 saturated carbocycles. The average molecular weight is 457 g/mol. The van der Waals surface area contributed by atoms with Gasteiger partial charge in [-0.15, -0.1) is 0 Å². The van der Waals surface area contributed by atoms with Crippen LogP contribution in [0.25, 0.3) is 0 Å². The minimum atomic E-state index is -2.85. The predicted octanol–water partition coefficient (Wildman–Crippen LogP) is 5.23. The number of carbonyl (C=O) groups excluding carboxylic acids is 3. The van der Waals surface area contributed by atoms with Crippen LogP contribution in [-0.2, 0) is 20.9 Å². The Balaban J connectivity index is 1.64. The molecule has 2 fully saturated rings. The van der Waals surface area contributed by atoms with E-state index in [2.05, 4.69) is 4.74 Å². The second-order valence-corrected chi connectivity index (χ2v) is 8.73. The van der Waals surface area contributed by atoms with Crippen LogP contribution in [0.5, 0.6) is 0 Å². The van der Waals surface area contributed by atoms with E-state index in [0.717, 1.165) is 11.6 Å². The first-order chi connectivity index (χ1) is 15.8. The van der Waals surface area contributed by atoms with Gasteiger partial charge in [0, 0.05) is 24.9 Å². The highest BCUT2D eigenvalue weighted by Crippen LogP contribution is 2.53. The fourth-order valence-corrected chi connectivity index (χ4v) is 4.85. The second kappa shape index (κ2) is 9.29. The monoisotopic (exact) mass is 457 g/mol. The summed E-state index contributed by atoms with van der Waals surface area (Å²) >= 11 is 0. The zero-order valence-electron chi connectivity index (χ0n) is 18.3. The molecule has 1 heterocycles. The molecule has 33 heavy (non-hydrogen) atoms. The number of hydrogen-bond acceptors (Lipinski definition) is 5. The summed E-state index contributed by atoms with van der Waals surface area (Å²) in [6, 6.07) is 12.5. The molecule has 0 N–H and O–H groups in total. The van der Waals surface area contributed by atoms with Crippen LogP contribution in [0, 0.1) is 5.41 Å². The molecule has 2 aromatic rings. The van der Waals surface area contributed by atoms with Crippen molar-refractivity contribution in [3.63, 3.8) is 0 Å². The van der Waals surface area contributed by atoms with Crippen molar-refractivity contribution in [1.29, 1.82) is 0 Å². The number of nitrogens with zero attached hydrogens (tertiary/aromatic N) is 1. The summed E-state index contributed by atoms with van der Waals surface area (Å²) in [5.74, 6) is -0.573. The number of alkyl halides is 2. The maximum Gasteiger partial charge on any atom is 0.410 e. The number of rotatable bonds is 5. The van der Waals surface area contributed by atoms with E-state index >= 15 is 0 Å². The van der Waals surface area contributed by atoms with Gasteiger partial charge in [-0.1, -0.05) is 36.4 Å². The van der Waals surface area contributed by atoms with Crippen molar-refractivity contribution in [2.45, 2.75) is 44.8 Å². The molecular formula is C25H25F2NO5. The summed E-state index contributed by atoms with van der Waals surface area (Å²) in [5.41, 5.74) is 0.465. The van der Waals surface area contributed by atoms with Crippen LogP contribution in [0.15, 0.2) is 48.5 Å². The van der Waals surface area contributed by atoms with Crippen molar-refractivity contribution in [2.24, 2.45) is 5.41 Å². The zero-order valence-corrected chi connectivity index (χ0v) is 18.3. The Morgan fingerprint density at radius 3 is 2.52 bits per heavy atom. The lowest BCUT2D eigenvalue weighted by molar-refractivity contribution is -0.137. The Hall–Kier alpha value is -3.29. The number of Topliss-reactive ketones (excluding diaryl/α,β-unsaturated/α-hetero) is 1. The van der Waals surface area contributed by atoms with E-state index in [1.165, 1.54) is 24.1 Å². The van der Waals surface area contributed by atoms with E-state index < -0.39 is 24.5 Å². The molecule has 1 saturated heterocycles. The number of halogens is 2. The summed E-state index contributed by atoms with van der Waals surface area (Å²) in [6.45, 7) is 0.364. The van der Waals surface area contributed by atoms with Gasteiger partial charge in [0.2, 0.25) is 0 Å². The molecule has 0 radical (unpaired) electrons. The van der Waals surface area contributed by atoms with Crippen LogP contribution in [0.3, 0.4) is 0 Å². The van der Waals surface area contributed by atoms with E-state index in [4.69, 9.17) is 4.74 Å². The highest BCUT2D eigenvalue weighted by Gasteiger charge is 2.50. The normalized spacial score (nSPS) is 19.3. The van der Waals surface area contributed by atoms with Crippen LogP contribution in [0.4, 0.5) is 13.6 Å². The van der Waals surface area contributed by atoms with Gasteiger partial charge in [0.05, 0.1) is 18.7 Å². The van der Waals surface area contributed by atoms with Gasteiger partial charge in [-0.05, 0) is 41.5 Å². The van der Waals surface area contributed by atoms with E-state index in [1.807, 2.05) is 30.3 Å². The third kappa shape index (κ3) is 4.74. The quantitative estimate of drug-likeness (QED) is 0.575. The molecule has 0 aromatic heterocycles. The molecule has 174 valence electrons. The summed E-state index contributed by atoms with van der Waals surface area (Å²) in [7, 11) is 1.18. The Morgan fingerprint density at radius 2 is 1.88 bits per heavy atom. The number of carbonyl (C=O) groups is 3. The molecule has 2 aliphatic rings. The molecule has 6 nitrogen and oxygen atoms in total. The van der Waals surface area contributed by atoms with Gasteiger partial charge in [0.15, 0.2) is 0 Å². The van der Waals surface area contributed by atoms with E-state index in [9.17, 15) is 23.2 Å². The molecular weight excluding hydrogens is 432 g/mol. The lowest BCUT2D eigenvalue weighted by Crippen LogP contribution is -2.50. The Kier molecular flexibility index (Phi) is 6.44. The number of methoxy groups -OCH3 is 1. The fourth-order valence-electron chi connectivity index (χ4n) is 4.85. The SMILES string of the molecule is COC(=O)c1ccc([C@@H]2CC3(CCN2C(=O)OCc2ccccc2)CC(=O)C3)c(C(F)F)c1. The van der Waals surface area contributed by atoms with Gasteiger partial charge in [-0.25, -0.2) is 18.4 Å². The largest absolute Gasteiger partial charge is 0.465 e.